The van der Waals surface area contributed by atoms with Gasteiger partial charge < -0.3 is 14.4 Å². The largest absolute Gasteiger partial charge is 0.497 e. The molecule has 1 N–H and O–H groups in total. The molecule has 0 saturated heterocycles. The minimum absolute atomic E-state index is 0.312. The molecular formula is C13H15BrN2O3. The van der Waals surface area contributed by atoms with Crippen molar-refractivity contribution in [1.82, 2.24) is 10.1 Å². The second-order valence-corrected chi connectivity index (χ2v) is 4.96. The van der Waals surface area contributed by atoms with Crippen LogP contribution >= 0.6 is 15.9 Å². The van der Waals surface area contributed by atoms with Crippen LogP contribution in [0.4, 0.5) is 0 Å². The molecule has 1 heterocycles. The van der Waals surface area contributed by atoms with Crippen LogP contribution in [0.3, 0.4) is 0 Å². The number of aliphatic hydroxyl groups excluding tert-OH is 1. The molecule has 1 atom stereocenters. The molecule has 0 aliphatic rings. The molecule has 0 amide bonds. The van der Waals surface area contributed by atoms with Crippen molar-refractivity contribution in [2.24, 2.45) is 0 Å². The molecule has 0 aliphatic carbocycles. The maximum atomic E-state index is 9.83. The number of aliphatic hydroxyl groups is 1. The van der Waals surface area contributed by atoms with E-state index in [9.17, 15) is 5.11 Å². The minimum Gasteiger partial charge on any atom is -0.497 e. The van der Waals surface area contributed by atoms with Crippen LogP contribution in [-0.2, 0) is 0 Å². The fourth-order valence-electron chi connectivity index (χ4n) is 1.68. The van der Waals surface area contributed by atoms with Crippen LogP contribution in [0.25, 0.3) is 11.5 Å². The summed E-state index contributed by atoms with van der Waals surface area (Å²) in [5.41, 5.74) is 0.738. The predicted molar refractivity (Wildman–Crippen MR) is 73.9 cm³/mol. The number of nitrogens with zero attached hydrogens (tertiary/aromatic N) is 2. The summed E-state index contributed by atoms with van der Waals surface area (Å²) >= 11 is 3.43. The molecule has 1 aromatic heterocycles. The van der Waals surface area contributed by atoms with Gasteiger partial charge in [-0.3, -0.25) is 0 Å². The van der Waals surface area contributed by atoms with Gasteiger partial charge in [-0.25, -0.2) is 0 Å². The fourth-order valence-corrected chi connectivity index (χ4v) is 2.09. The van der Waals surface area contributed by atoms with Crippen molar-refractivity contribution in [2.45, 2.75) is 25.9 Å². The summed E-state index contributed by atoms with van der Waals surface area (Å²) in [7, 11) is 1.59. The molecular weight excluding hydrogens is 312 g/mol. The molecule has 0 bridgehead atoms. The van der Waals surface area contributed by atoms with Crippen LogP contribution < -0.4 is 4.74 Å². The van der Waals surface area contributed by atoms with E-state index < -0.39 is 6.10 Å². The Hall–Kier alpha value is -1.40. The van der Waals surface area contributed by atoms with E-state index in [2.05, 4.69) is 26.1 Å². The monoisotopic (exact) mass is 326 g/mol. The quantitative estimate of drug-likeness (QED) is 0.912. The van der Waals surface area contributed by atoms with Gasteiger partial charge in [0, 0.05) is 4.47 Å². The minimum atomic E-state index is -0.688. The summed E-state index contributed by atoms with van der Waals surface area (Å²) in [4.78, 5) is 4.22. The van der Waals surface area contributed by atoms with E-state index in [0.717, 1.165) is 16.5 Å². The van der Waals surface area contributed by atoms with E-state index in [1.54, 1.807) is 13.2 Å². The van der Waals surface area contributed by atoms with Gasteiger partial charge in [-0.2, -0.15) is 4.98 Å². The first-order valence-corrected chi connectivity index (χ1v) is 6.80. The van der Waals surface area contributed by atoms with Crippen molar-refractivity contribution in [2.75, 3.05) is 7.11 Å². The van der Waals surface area contributed by atoms with Gasteiger partial charge >= 0.3 is 0 Å². The van der Waals surface area contributed by atoms with Gasteiger partial charge in [0.05, 0.1) is 12.7 Å². The Labute approximate surface area is 119 Å². The topological polar surface area (TPSA) is 68.4 Å². The van der Waals surface area contributed by atoms with Crippen molar-refractivity contribution in [3.05, 3.63) is 28.5 Å². The normalized spacial score (nSPS) is 12.4. The van der Waals surface area contributed by atoms with Gasteiger partial charge in [0.1, 0.15) is 11.9 Å². The van der Waals surface area contributed by atoms with Gasteiger partial charge in [0.25, 0.3) is 5.89 Å². The van der Waals surface area contributed by atoms with Gasteiger partial charge in [-0.15, -0.1) is 0 Å². The highest BCUT2D eigenvalue weighted by atomic mass is 79.9. The highest BCUT2D eigenvalue weighted by molar-refractivity contribution is 9.10. The maximum absolute atomic E-state index is 9.83. The molecule has 6 heteroatoms. The zero-order valence-corrected chi connectivity index (χ0v) is 12.3. The van der Waals surface area contributed by atoms with Crippen molar-refractivity contribution >= 4 is 15.9 Å². The zero-order valence-electron chi connectivity index (χ0n) is 10.8. The lowest BCUT2D eigenvalue weighted by atomic mass is 10.2. The third-order valence-corrected chi connectivity index (χ3v) is 3.40. The summed E-state index contributed by atoms with van der Waals surface area (Å²) in [5, 5.41) is 13.6. The van der Waals surface area contributed by atoms with E-state index >= 15 is 0 Å². The van der Waals surface area contributed by atoms with Crippen LogP contribution in [-0.4, -0.2) is 22.4 Å². The Morgan fingerprint density at radius 3 is 2.95 bits per heavy atom. The van der Waals surface area contributed by atoms with Crippen LogP contribution in [0.5, 0.6) is 5.75 Å². The first kappa shape index (κ1) is 14.0. The third-order valence-electron chi connectivity index (χ3n) is 2.71. The molecule has 19 heavy (non-hydrogen) atoms. The SMILES string of the molecule is CCCC(O)c1noc(-c2cc(OC)ccc2Br)n1. The second-order valence-electron chi connectivity index (χ2n) is 4.11. The van der Waals surface area contributed by atoms with Gasteiger partial charge in [-0.1, -0.05) is 18.5 Å². The smallest absolute Gasteiger partial charge is 0.259 e. The number of hydrogen-bond acceptors (Lipinski definition) is 5. The van der Waals surface area contributed by atoms with Gasteiger partial charge in [-0.05, 0) is 40.5 Å². The lowest BCUT2D eigenvalue weighted by Crippen LogP contribution is -1.98. The number of ether oxygens (including phenoxy) is 1. The summed E-state index contributed by atoms with van der Waals surface area (Å²) in [5.74, 6) is 1.37. The van der Waals surface area contributed by atoms with Crippen molar-refractivity contribution < 1.29 is 14.4 Å². The number of halogens is 1. The van der Waals surface area contributed by atoms with E-state index in [-0.39, 0.29) is 0 Å². The number of benzene rings is 1. The van der Waals surface area contributed by atoms with Gasteiger partial charge in [0.15, 0.2) is 0 Å². The summed E-state index contributed by atoms with van der Waals surface area (Å²) < 4.78 is 11.2. The van der Waals surface area contributed by atoms with Crippen molar-refractivity contribution in [1.29, 1.82) is 0 Å². The Balaban J connectivity index is 2.32. The maximum Gasteiger partial charge on any atom is 0.259 e. The van der Waals surface area contributed by atoms with E-state index in [4.69, 9.17) is 9.26 Å². The number of rotatable bonds is 5. The molecule has 0 spiro atoms. The molecule has 0 radical (unpaired) electrons. The molecule has 1 unspecified atom stereocenters. The highest BCUT2D eigenvalue weighted by Gasteiger charge is 2.17. The second kappa shape index (κ2) is 6.16. The van der Waals surface area contributed by atoms with Crippen molar-refractivity contribution in [3.8, 4) is 17.2 Å². The van der Waals surface area contributed by atoms with Gasteiger partial charge in [0.2, 0.25) is 5.82 Å². The van der Waals surface area contributed by atoms with E-state index in [1.807, 2.05) is 19.1 Å². The fraction of sp³-hybridized carbons (Fsp3) is 0.385. The average molecular weight is 327 g/mol. The summed E-state index contributed by atoms with van der Waals surface area (Å²) in [6.45, 7) is 1.99. The molecule has 5 nitrogen and oxygen atoms in total. The average Bonchev–Trinajstić information content (AvgIpc) is 2.89. The molecule has 2 rings (SSSR count). The number of aromatic nitrogens is 2. The third kappa shape index (κ3) is 3.13. The Morgan fingerprint density at radius 2 is 2.26 bits per heavy atom. The predicted octanol–water partition coefficient (Wildman–Crippen LogP) is 3.34. The van der Waals surface area contributed by atoms with E-state index in [1.165, 1.54) is 0 Å². The molecule has 0 aliphatic heterocycles. The van der Waals surface area contributed by atoms with Crippen LogP contribution in [0.1, 0.15) is 31.7 Å². The van der Waals surface area contributed by atoms with Crippen LogP contribution in [0.2, 0.25) is 0 Å². The van der Waals surface area contributed by atoms with Crippen LogP contribution in [0.15, 0.2) is 27.2 Å². The van der Waals surface area contributed by atoms with Crippen LogP contribution in [0, 0.1) is 0 Å². The first-order chi connectivity index (χ1) is 9.15. The Bertz CT molecular complexity index is 557. The molecule has 102 valence electrons. The number of methoxy groups -OCH3 is 1. The standard InChI is InChI=1S/C13H15BrN2O3/c1-3-4-11(17)12-15-13(19-16-12)9-7-8(18-2)5-6-10(9)14/h5-7,11,17H,3-4H2,1-2H3. The van der Waals surface area contributed by atoms with Crippen molar-refractivity contribution in [3.63, 3.8) is 0 Å². The Morgan fingerprint density at radius 1 is 1.47 bits per heavy atom. The first-order valence-electron chi connectivity index (χ1n) is 6.01. The Kier molecular flexibility index (Phi) is 4.55. The molecule has 2 aromatic rings. The summed E-state index contributed by atoms with van der Waals surface area (Å²) in [6, 6.07) is 5.48. The number of hydrogen-bond donors (Lipinski definition) is 1. The summed E-state index contributed by atoms with van der Waals surface area (Å²) in [6.07, 6.45) is 0.776. The zero-order chi connectivity index (χ0) is 13.8. The molecule has 0 saturated carbocycles. The highest BCUT2D eigenvalue weighted by Crippen LogP contribution is 2.31. The lowest BCUT2D eigenvalue weighted by molar-refractivity contribution is 0.153. The lowest BCUT2D eigenvalue weighted by Gasteiger charge is -2.03. The molecule has 0 fully saturated rings. The molecule has 1 aromatic carbocycles. The van der Waals surface area contributed by atoms with E-state index in [0.29, 0.717) is 23.9 Å².